The highest BCUT2D eigenvalue weighted by Crippen LogP contribution is 2.22. The maximum absolute atomic E-state index is 12.0. The van der Waals surface area contributed by atoms with E-state index in [0.29, 0.717) is 30.2 Å². The number of methoxy groups -OCH3 is 2. The lowest BCUT2D eigenvalue weighted by atomic mass is 10.2. The van der Waals surface area contributed by atoms with Gasteiger partial charge in [0.15, 0.2) is 5.96 Å². The van der Waals surface area contributed by atoms with E-state index in [4.69, 9.17) is 15.2 Å². The molecule has 2 aromatic carbocycles. The Morgan fingerprint density at radius 2 is 1.77 bits per heavy atom. The predicted molar refractivity (Wildman–Crippen MR) is 114 cm³/mol. The predicted octanol–water partition coefficient (Wildman–Crippen LogP) is 2.48. The maximum atomic E-state index is 12.0. The summed E-state index contributed by atoms with van der Waals surface area (Å²) in [6.07, 6.45) is 0. The Hall–Kier alpha value is -2.49. The van der Waals surface area contributed by atoms with E-state index in [-0.39, 0.29) is 35.8 Å². The Kier molecular flexibility index (Phi) is 9.27. The van der Waals surface area contributed by atoms with E-state index in [1.165, 1.54) is 0 Å². The molecule has 4 N–H and O–H groups in total. The summed E-state index contributed by atoms with van der Waals surface area (Å²) in [5.41, 5.74) is 7.14. The molecule has 0 aliphatic rings. The standard InChI is InChI=1S/C18H22N4O3.HI/c1-24-14-9-7-13(8-10-14)17(23)20-11-12-21-18(19)22-15-5-3-4-6-16(15)25-2;/h3-10H,11-12H2,1-2H3,(H,20,23)(H3,19,21,22);1H. The van der Waals surface area contributed by atoms with Gasteiger partial charge < -0.3 is 25.8 Å². The molecule has 0 heterocycles. The molecule has 1 amide bonds. The van der Waals surface area contributed by atoms with Gasteiger partial charge in [-0.25, -0.2) is 0 Å². The first-order valence-electron chi connectivity index (χ1n) is 7.76. The Morgan fingerprint density at radius 1 is 1.08 bits per heavy atom. The van der Waals surface area contributed by atoms with Crippen LogP contribution in [0.1, 0.15) is 10.4 Å². The fraction of sp³-hybridized carbons (Fsp3) is 0.222. The molecular weight excluding hydrogens is 447 g/mol. The molecule has 0 aliphatic carbocycles. The third kappa shape index (κ3) is 6.43. The first-order valence-corrected chi connectivity index (χ1v) is 7.76. The third-order valence-electron chi connectivity index (χ3n) is 3.40. The zero-order valence-corrected chi connectivity index (χ0v) is 17.0. The van der Waals surface area contributed by atoms with Gasteiger partial charge in [-0.15, -0.1) is 24.0 Å². The van der Waals surface area contributed by atoms with E-state index < -0.39 is 0 Å². The number of carbonyl (C=O) groups excluding carboxylic acids is 1. The number of para-hydroxylation sites is 2. The molecule has 0 aliphatic heterocycles. The van der Waals surface area contributed by atoms with Crippen molar-refractivity contribution in [2.45, 2.75) is 0 Å². The van der Waals surface area contributed by atoms with Crippen molar-refractivity contribution in [1.82, 2.24) is 5.32 Å². The number of hydrogen-bond donors (Lipinski definition) is 3. The van der Waals surface area contributed by atoms with Gasteiger partial charge in [-0.05, 0) is 36.4 Å². The van der Waals surface area contributed by atoms with Crippen LogP contribution in [0.15, 0.2) is 53.5 Å². The number of hydrogen-bond acceptors (Lipinski definition) is 4. The second-order valence-electron chi connectivity index (χ2n) is 5.08. The van der Waals surface area contributed by atoms with Crippen LogP contribution in [0.5, 0.6) is 11.5 Å². The molecule has 26 heavy (non-hydrogen) atoms. The summed E-state index contributed by atoms with van der Waals surface area (Å²) >= 11 is 0. The SMILES string of the molecule is COc1ccc(C(=O)NCCN=C(N)Nc2ccccc2OC)cc1.I. The van der Waals surface area contributed by atoms with Crippen molar-refractivity contribution >= 4 is 41.5 Å². The summed E-state index contributed by atoms with van der Waals surface area (Å²) in [5.74, 6) is 1.46. The number of anilines is 1. The number of carbonyl (C=O) groups is 1. The average molecular weight is 470 g/mol. The minimum absolute atomic E-state index is 0. The lowest BCUT2D eigenvalue weighted by molar-refractivity contribution is 0.0955. The molecule has 0 unspecified atom stereocenters. The summed E-state index contributed by atoms with van der Waals surface area (Å²) < 4.78 is 10.3. The van der Waals surface area contributed by atoms with Crippen LogP contribution in [0.25, 0.3) is 0 Å². The first kappa shape index (κ1) is 21.6. The number of rotatable bonds is 7. The minimum atomic E-state index is -0.172. The van der Waals surface area contributed by atoms with Crippen molar-refractivity contribution in [3.63, 3.8) is 0 Å². The topological polar surface area (TPSA) is 98.0 Å². The zero-order chi connectivity index (χ0) is 18.1. The highest BCUT2D eigenvalue weighted by atomic mass is 127. The van der Waals surface area contributed by atoms with Crippen LogP contribution in [-0.2, 0) is 0 Å². The van der Waals surface area contributed by atoms with Gasteiger partial charge in [-0.1, -0.05) is 12.1 Å². The van der Waals surface area contributed by atoms with Gasteiger partial charge in [0, 0.05) is 12.1 Å². The van der Waals surface area contributed by atoms with Gasteiger partial charge in [0.05, 0.1) is 26.5 Å². The van der Waals surface area contributed by atoms with Gasteiger partial charge in [0.1, 0.15) is 11.5 Å². The molecule has 0 atom stereocenters. The molecule has 140 valence electrons. The third-order valence-corrected chi connectivity index (χ3v) is 3.40. The minimum Gasteiger partial charge on any atom is -0.497 e. The van der Waals surface area contributed by atoms with Crippen LogP contribution in [0.2, 0.25) is 0 Å². The van der Waals surface area contributed by atoms with Crippen molar-refractivity contribution in [1.29, 1.82) is 0 Å². The monoisotopic (exact) mass is 470 g/mol. The molecule has 0 saturated heterocycles. The Balaban J connectivity index is 0.00000338. The van der Waals surface area contributed by atoms with Gasteiger partial charge in [0.2, 0.25) is 0 Å². The Morgan fingerprint density at radius 3 is 2.42 bits per heavy atom. The van der Waals surface area contributed by atoms with Crippen molar-refractivity contribution in [2.75, 3.05) is 32.6 Å². The first-order chi connectivity index (χ1) is 12.1. The van der Waals surface area contributed by atoms with Crippen molar-refractivity contribution in [2.24, 2.45) is 10.7 Å². The van der Waals surface area contributed by atoms with E-state index in [2.05, 4.69) is 15.6 Å². The summed E-state index contributed by atoms with van der Waals surface area (Å²) in [5, 5.41) is 5.75. The van der Waals surface area contributed by atoms with Gasteiger partial charge in [-0.2, -0.15) is 0 Å². The van der Waals surface area contributed by atoms with Crippen LogP contribution in [0, 0.1) is 0 Å². The molecule has 0 aromatic heterocycles. The lowest BCUT2D eigenvalue weighted by Crippen LogP contribution is -2.28. The molecule has 2 aromatic rings. The number of halogens is 1. The van der Waals surface area contributed by atoms with Crippen LogP contribution in [-0.4, -0.2) is 39.2 Å². The summed E-state index contributed by atoms with van der Waals surface area (Å²) in [7, 11) is 3.17. The van der Waals surface area contributed by atoms with E-state index in [1.807, 2.05) is 24.3 Å². The van der Waals surface area contributed by atoms with Crippen molar-refractivity contribution < 1.29 is 14.3 Å². The van der Waals surface area contributed by atoms with Gasteiger partial charge in [-0.3, -0.25) is 9.79 Å². The number of guanidine groups is 1. The van der Waals surface area contributed by atoms with E-state index in [0.717, 1.165) is 5.69 Å². The second kappa shape index (κ2) is 11.2. The highest BCUT2D eigenvalue weighted by molar-refractivity contribution is 14.0. The number of amides is 1. The second-order valence-corrected chi connectivity index (χ2v) is 5.08. The maximum Gasteiger partial charge on any atom is 0.251 e. The lowest BCUT2D eigenvalue weighted by Gasteiger charge is -2.10. The number of nitrogens with zero attached hydrogens (tertiary/aromatic N) is 1. The summed E-state index contributed by atoms with van der Waals surface area (Å²) in [4.78, 5) is 16.2. The summed E-state index contributed by atoms with van der Waals surface area (Å²) in [6, 6.07) is 14.3. The Bertz CT molecular complexity index is 735. The van der Waals surface area contributed by atoms with Crippen molar-refractivity contribution in [3.05, 3.63) is 54.1 Å². The molecule has 0 radical (unpaired) electrons. The molecule has 0 spiro atoms. The number of nitrogens with one attached hydrogen (secondary N) is 2. The van der Waals surface area contributed by atoms with Crippen LogP contribution >= 0.6 is 24.0 Å². The van der Waals surface area contributed by atoms with Crippen LogP contribution in [0.3, 0.4) is 0 Å². The molecule has 0 fully saturated rings. The fourth-order valence-electron chi connectivity index (χ4n) is 2.12. The van der Waals surface area contributed by atoms with E-state index in [9.17, 15) is 4.79 Å². The molecule has 7 nitrogen and oxygen atoms in total. The number of ether oxygens (including phenoxy) is 2. The van der Waals surface area contributed by atoms with Gasteiger partial charge >= 0.3 is 0 Å². The largest absolute Gasteiger partial charge is 0.497 e. The summed E-state index contributed by atoms with van der Waals surface area (Å²) in [6.45, 7) is 0.731. The number of aliphatic imine (C=N–C) groups is 1. The fourth-order valence-corrected chi connectivity index (χ4v) is 2.12. The van der Waals surface area contributed by atoms with E-state index in [1.54, 1.807) is 38.5 Å². The van der Waals surface area contributed by atoms with E-state index >= 15 is 0 Å². The zero-order valence-electron chi connectivity index (χ0n) is 14.7. The highest BCUT2D eigenvalue weighted by Gasteiger charge is 2.05. The quantitative estimate of drug-likeness (QED) is 0.250. The average Bonchev–Trinajstić information content (AvgIpc) is 2.65. The number of benzene rings is 2. The Labute approximate surface area is 170 Å². The smallest absolute Gasteiger partial charge is 0.251 e. The number of nitrogens with two attached hydrogens (primary N) is 1. The van der Waals surface area contributed by atoms with Crippen LogP contribution in [0.4, 0.5) is 5.69 Å². The normalized spacial score (nSPS) is 10.5. The van der Waals surface area contributed by atoms with Crippen molar-refractivity contribution in [3.8, 4) is 11.5 Å². The molecular formula is C18H23IN4O3. The molecule has 0 saturated carbocycles. The molecule has 8 heteroatoms. The molecule has 2 rings (SSSR count). The van der Waals surface area contributed by atoms with Gasteiger partial charge in [0.25, 0.3) is 5.91 Å². The molecule has 0 bridgehead atoms. The van der Waals surface area contributed by atoms with Crippen LogP contribution < -0.4 is 25.8 Å².